The van der Waals surface area contributed by atoms with E-state index in [1.807, 2.05) is 0 Å². The molecule has 0 aliphatic carbocycles. The molecule has 2 amide bonds. The Bertz CT molecular complexity index is 725. The molecule has 138 valence electrons. The minimum atomic E-state index is -3.62. The van der Waals surface area contributed by atoms with Gasteiger partial charge in [-0.1, -0.05) is 0 Å². The second kappa shape index (κ2) is 7.73. The summed E-state index contributed by atoms with van der Waals surface area (Å²) in [6.45, 7) is 0.506. The Morgan fingerprint density at radius 1 is 1.24 bits per heavy atom. The highest BCUT2D eigenvalue weighted by Gasteiger charge is 2.28. The largest absolute Gasteiger partial charge is 0.497 e. The number of sulfonamides is 1. The van der Waals surface area contributed by atoms with E-state index in [0.717, 1.165) is 10.6 Å². The molecule has 25 heavy (non-hydrogen) atoms. The van der Waals surface area contributed by atoms with Crippen LogP contribution in [0.1, 0.15) is 12.8 Å². The van der Waals surface area contributed by atoms with Gasteiger partial charge in [-0.3, -0.25) is 13.9 Å². The Morgan fingerprint density at radius 3 is 2.24 bits per heavy atom. The zero-order valence-corrected chi connectivity index (χ0v) is 15.2. The lowest BCUT2D eigenvalue weighted by Crippen LogP contribution is -2.47. The monoisotopic (exact) mass is 369 g/mol. The van der Waals surface area contributed by atoms with Crippen LogP contribution in [-0.4, -0.2) is 58.1 Å². The van der Waals surface area contributed by atoms with E-state index in [9.17, 15) is 18.0 Å². The van der Waals surface area contributed by atoms with Crippen molar-refractivity contribution in [2.24, 2.45) is 11.7 Å². The van der Waals surface area contributed by atoms with Crippen LogP contribution in [0.3, 0.4) is 0 Å². The molecule has 1 aromatic carbocycles. The van der Waals surface area contributed by atoms with Gasteiger partial charge >= 0.3 is 0 Å². The third kappa shape index (κ3) is 4.85. The van der Waals surface area contributed by atoms with E-state index in [1.54, 1.807) is 29.2 Å². The van der Waals surface area contributed by atoms with Gasteiger partial charge in [0.2, 0.25) is 21.8 Å². The van der Waals surface area contributed by atoms with Gasteiger partial charge in [-0.25, -0.2) is 8.42 Å². The first-order valence-electron chi connectivity index (χ1n) is 7.91. The summed E-state index contributed by atoms with van der Waals surface area (Å²) in [5.41, 5.74) is 5.68. The van der Waals surface area contributed by atoms with Gasteiger partial charge in [0.05, 0.1) is 19.1 Å². The molecule has 0 atom stereocenters. The summed E-state index contributed by atoms with van der Waals surface area (Å²) in [4.78, 5) is 25.3. The molecule has 0 radical (unpaired) electrons. The standard InChI is InChI=1S/C16H23N3O5S/c1-24-14-5-3-13(4-6-14)19(25(2,22)23)11-15(20)18-9-7-12(8-10-18)16(17)21/h3-6,12H,7-11H2,1-2H3,(H2,17,21). The number of rotatable bonds is 6. The van der Waals surface area contributed by atoms with Gasteiger partial charge in [0.1, 0.15) is 12.3 Å². The first-order valence-corrected chi connectivity index (χ1v) is 9.76. The Hall–Kier alpha value is -2.29. The topological polar surface area (TPSA) is 110 Å². The molecule has 1 saturated heterocycles. The molecule has 0 aromatic heterocycles. The number of nitrogens with two attached hydrogens (primary N) is 1. The highest BCUT2D eigenvalue weighted by atomic mass is 32.2. The lowest BCUT2D eigenvalue weighted by molar-refractivity contribution is -0.133. The van der Waals surface area contributed by atoms with Crippen molar-refractivity contribution in [3.05, 3.63) is 24.3 Å². The summed E-state index contributed by atoms with van der Waals surface area (Å²) >= 11 is 0. The second-order valence-electron chi connectivity index (χ2n) is 6.03. The van der Waals surface area contributed by atoms with Crippen LogP contribution in [0.15, 0.2) is 24.3 Å². The number of ether oxygens (including phenoxy) is 1. The molecule has 0 spiro atoms. The van der Waals surface area contributed by atoms with Gasteiger partial charge < -0.3 is 15.4 Å². The molecule has 1 aliphatic heterocycles. The minimum Gasteiger partial charge on any atom is -0.497 e. The van der Waals surface area contributed by atoms with E-state index in [1.165, 1.54) is 7.11 Å². The number of anilines is 1. The van der Waals surface area contributed by atoms with Crippen LogP contribution in [0.25, 0.3) is 0 Å². The van der Waals surface area contributed by atoms with Gasteiger partial charge in [-0.15, -0.1) is 0 Å². The van der Waals surface area contributed by atoms with Crippen molar-refractivity contribution in [3.63, 3.8) is 0 Å². The highest BCUT2D eigenvalue weighted by Crippen LogP contribution is 2.22. The molecular formula is C16H23N3O5S. The maximum absolute atomic E-state index is 12.5. The van der Waals surface area contributed by atoms with Crippen molar-refractivity contribution in [1.82, 2.24) is 4.90 Å². The lowest BCUT2D eigenvalue weighted by atomic mass is 9.96. The van der Waals surface area contributed by atoms with E-state index >= 15 is 0 Å². The Labute approximate surface area is 147 Å². The summed E-state index contributed by atoms with van der Waals surface area (Å²) in [5.74, 6) is -0.291. The predicted molar refractivity (Wildman–Crippen MR) is 93.7 cm³/mol. The summed E-state index contributed by atoms with van der Waals surface area (Å²) in [5, 5.41) is 0. The average molecular weight is 369 g/mol. The third-order valence-electron chi connectivity index (χ3n) is 4.29. The van der Waals surface area contributed by atoms with Crippen molar-refractivity contribution in [3.8, 4) is 5.75 Å². The average Bonchev–Trinajstić information content (AvgIpc) is 2.58. The van der Waals surface area contributed by atoms with E-state index in [2.05, 4.69) is 0 Å². The van der Waals surface area contributed by atoms with E-state index in [-0.39, 0.29) is 24.3 Å². The van der Waals surface area contributed by atoms with E-state index in [4.69, 9.17) is 10.5 Å². The number of carbonyl (C=O) groups is 2. The number of benzene rings is 1. The number of methoxy groups -OCH3 is 1. The van der Waals surface area contributed by atoms with Crippen molar-refractivity contribution >= 4 is 27.5 Å². The van der Waals surface area contributed by atoms with Crippen molar-refractivity contribution in [2.45, 2.75) is 12.8 Å². The quantitative estimate of drug-likeness (QED) is 0.769. The summed E-state index contributed by atoms with van der Waals surface area (Å²) < 4.78 is 30.3. The van der Waals surface area contributed by atoms with Crippen LogP contribution in [-0.2, 0) is 19.6 Å². The van der Waals surface area contributed by atoms with Crippen molar-refractivity contribution < 1.29 is 22.7 Å². The fraction of sp³-hybridized carbons (Fsp3) is 0.500. The molecular weight excluding hydrogens is 346 g/mol. The molecule has 1 aliphatic rings. The van der Waals surface area contributed by atoms with Crippen LogP contribution in [0.2, 0.25) is 0 Å². The number of primary amides is 1. The molecule has 2 N–H and O–H groups in total. The van der Waals surface area contributed by atoms with Gasteiger partial charge in [-0.2, -0.15) is 0 Å². The lowest BCUT2D eigenvalue weighted by Gasteiger charge is -2.32. The van der Waals surface area contributed by atoms with Crippen LogP contribution in [0.4, 0.5) is 5.69 Å². The van der Waals surface area contributed by atoms with Crippen molar-refractivity contribution in [2.75, 3.05) is 37.3 Å². The molecule has 9 heteroatoms. The minimum absolute atomic E-state index is 0.225. The summed E-state index contributed by atoms with van der Waals surface area (Å²) in [6.07, 6.45) is 2.06. The third-order valence-corrected chi connectivity index (χ3v) is 5.43. The number of carbonyl (C=O) groups excluding carboxylic acids is 2. The van der Waals surface area contributed by atoms with Gasteiger partial charge in [0.25, 0.3) is 0 Å². The second-order valence-corrected chi connectivity index (χ2v) is 7.93. The van der Waals surface area contributed by atoms with Crippen LogP contribution in [0.5, 0.6) is 5.75 Å². The highest BCUT2D eigenvalue weighted by molar-refractivity contribution is 7.92. The molecule has 1 heterocycles. The van der Waals surface area contributed by atoms with Crippen LogP contribution < -0.4 is 14.8 Å². The number of piperidine rings is 1. The van der Waals surface area contributed by atoms with Gasteiger partial charge in [0.15, 0.2) is 0 Å². The van der Waals surface area contributed by atoms with E-state index < -0.39 is 10.0 Å². The van der Waals surface area contributed by atoms with Crippen LogP contribution >= 0.6 is 0 Å². The molecule has 0 unspecified atom stereocenters. The number of hydrogen-bond donors (Lipinski definition) is 1. The number of likely N-dealkylation sites (tertiary alicyclic amines) is 1. The molecule has 1 aromatic rings. The Kier molecular flexibility index (Phi) is 5.89. The molecule has 0 saturated carbocycles. The first kappa shape index (κ1) is 19.0. The Morgan fingerprint density at radius 2 is 1.80 bits per heavy atom. The maximum Gasteiger partial charge on any atom is 0.243 e. The number of amides is 2. The van der Waals surface area contributed by atoms with Crippen molar-refractivity contribution in [1.29, 1.82) is 0 Å². The maximum atomic E-state index is 12.5. The first-order chi connectivity index (χ1) is 11.7. The SMILES string of the molecule is COc1ccc(N(CC(=O)N2CCC(C(N)=O)CC2)S(C)(=O)=O)cc1. The van der Waals surface area contributed by atoms with Gasteiger partial charge in [0, 0.05) is 19.0 Å². The fourth-order valence-electron chi connectivity index (χ4n) is 2.78. The summed E-state index contributed by atoms with van der Waals surface area (Å²) in [7, 11) is -2.11. The smallest absolute Gasteiger partial charge is 0.243 e. The molecule has 8 nitrogen and oxygen atoms in total. The Balaban J connectivity index is 2.09. The normalized spacial score (nSPS) is 15.7. The van der Waals surface area contributed by atoms with Gasteiger partial charge in [-0.05, 0) is 37.1 Å². The number of hydrogen-bond acceptors (Lipinski definition) is 5. The predicted octanol–water partition coefficient (Wildman–Crippen LogP) is 0.185. The zero-order valence-electron chi connectivity index (χ0n) is 14.3. The van der Waals surface area contributed by atoms with E-state index in [0.29, 0.717) is 37.4 Å². The molecule has 1 fully saturated rings. The number of nitrogens with zero attached hydrogens (tertiary/aromatic N) is 2. The molecule has 2 rings (SSSR count). The zero-order chi connectivity index (χ0) is 18.6. The fourth-order valence-corrected chi connectivity index (χ4v) is 3.63. The van der Waals surface area contributed by atoms with Crippen LogP contribution in [0, 0.1) is 5.92 Å². The molecule has 0 bridgehead atoms. The summed E-state index contributed by atoms with van der Waals surface area (Å²) in [6, 6.07) is 6.45.